The largest absolute Gasteiger partial charge is 0.434 e. The third-order valence-electron chi connectivity index (χ3n) is 4.33. The Kier molecular flexibility index (Phi) is 5.78. The second-order valence-electron chi connectivity index (χ2n) is 6.73. The van der Waals surface area contributed by atoms with Gasteiger partial charge in [-0.1, -0.05) is 12.1 Å². The van der Waals surface area contributed by atoms with Crippen molar-refractivity contribution in [2.45, 2.75) is 18.8 Å². The number of likely N-dealkylation sites (N-methyl/N-ethyl adjacent to an activating group) is 1. The lowest BCUT2D eigenvalue weighted by Crippen LogP contribution is -2.43. The lowest BCUT2D eigenvalue weighted by Gasteiger charge is -2.33. The second-order valence-corrected chi connectivity index (χ2v) is 6.73. The van der Waals surface area contributed by atoms with Gasteiger partial charge in [0, 0.05) is 25.2 Å². The number of carbonyl (C=O) groups excluding carboxylic acids is 1. The molecule has 0 radical (unpaired) electrons. The lowest BCUT2D eigenvalue weighted by atomic mass is 9.95. The first-order valence-electron chi connectivity index (χ1n) is 8.70. The van der Waals surface area contributed by atoms with Crippen LogP contribution in [-0.2, 0) is 4.79 Å². The molecule has 2 aromatic rings. The smallest absolute Gasteiger partial charge is 0.238 e. The minimum atomic E-state index is -0.446. The van der Waals surface area contributed by atoms with Crippen LogP contribution < -0.4 is 4.74 Å². The number of rotatable bonds is 5. The van der Waals surface area contributed by atoms with E-state index in [1.165, 1.54) is 12.3 Å². The summed E-state index contributed by atoms with van der Waals surface area (Å²) in [5.41, 5.74) is 0.765. The maximum atomic E-state index is 13.8. The summed E-state index contributed by atoms with van der Waals surface area (Å²) in [5.74, 6) is 0.144. The van der Waals surface area contributed by atoms with Crippen molar-refractivity contribution >= 4 is 5.91 Å². The van der Waals surface area contributed by atoms with E-state index >= 15 is 0 Å². The van der Waals surface area contributed by atoms with E-state index in [-0.39, 0.29) is 23.5 Å². The van der Waals surface area contributed by atoms with Crippen molar-refractivity contribution in [2.75, 3.05) is 33.7 Å². The Balaban J connectivity index is 1.71. The van der Waals surface area contributed by atoms with Crippen LogP contribution in [0.15, 0.2) is 36.7 Å². The van der Waals surface area contributed by atoms with Crippen LogP contribution in [0.1, 0.15) is 24.5 Å². The first-order valence-corrected chi connectivity index (χ1v) is 8.70. The van der Waals surface area contributed by atoms with Crippen LogP contribution in [0.2, 0.25) is 0 Å². The van der Waals surface area contributed by atoms with Crippen LogP contribution in [0.3, 0.4) is 0 Å². The van der Waals surface area contributed by atoms with Gasteiger partial charge in [-0.05, 0) is 39.1 Å². The van der Waals surface area contributed by atoms with Crippen LogP contribution in [0.25, 0.3) is 0 Å². The quantitative estimate of drug-likeness (QED) is 0.822. The highest BCUT2D eigenvalue weighted by Gasteiger charge is 2.26. The molecular formula is C19H23FN4O2. The minimum Gasteiger partial charge on any atom is -0.434 e. The van der Waals surface area contributed by atoms with Gasteiger partial charge in [0.15, 0.2) is 11.6 Å². The minimum absolute atomic E-state index is 0.103. The molecule has 1 aliphatic heterocycles. The van der Waals surface area contributed by atoms with Gasteiger partial charge in [0.05, 0.1) is 18.4 Å². The van der Waals surface area contributed by atoms with Crippen molar-refractivity contribution in [1.29, 1.82) is 0 Å². The summed E-state index contributed by atoms with van der Waals surface area (Å²) in [6.07, 6.45) is 5.01. The highest BCUT2D eigenvalue weighted by Crippen LogP contribution is 2.28. The molecule has 1 aromatic carbocycles. The van der Waals surface area contributed by atoms with E-state index in [1.54, 1.807) is 24.4 Å². The molecule has 0 aliphatic carbocycles. The van der Waals surface area contributed by atoms with E-state index in [1.807, 2.05) is 23.9 Å². The van der Waals surface area contributed by atoms with Crippen LogP contribution in [0, 0.1) is 5.82 Å². The van der Waals surface area contributed by atoms with Crippen molar-refractivity contribution in [3.63, 3.8) is 0 Å². The van der Waals surface area contributed by atoms with Gasteiger partial charge in [-0.25, -0.2) is 9.37 Å². The van der Waals surface area contributed by atoms with Crippen LogP contribution in [-0.4, -0.2) is 59.4 Å². The molecule has 1 aromatic heterocycles. The predicted octanol–water partition coefficient (Wildman–Crippen LogP) is 2.68. The Labute approximate surface area is 152 Å². The predicted molar refractivity (Wildman–Crippen MR) is 95.6 cm³/mol. The fraction of sp³-hybridized carbons (Fsp3) is 0.421. The van der Waals surface area contributed by atoms with E-state index in [2.05, 4.69) is 9.97 Å². The molecule has 0 saturated carbocycles. The van der Waals surface area contributed by atoms with E-state index in [0.717, 1.165) is 25.1 Å². The van der Waals surface area contributed by atoms with E-state index < -0.39 is 5.82 Å². The highest BCUT2D eigenvalue weighted by molar-refractivity contribution is 5.78. The molecule has 1 atom stereocenters. The summed E-state index contributed by atoms with van der Waals surface area (Å²) in [7, 11) is 3.77. The normalized spacial score (nSPS) is 17.4. The van der Waals surface area contributed by atoms with Gasteiger partial charge in [0.25, 0.3) is 0 Å². The van der Waals surface area contributed by atoms with E-state index in [0.29, 0.717) is 13.1 Å². The molecule has 1 amide bonds. The Morgan fingerprint density at radius 1 is 1.35 bits per heavy atom. The van der Waals surface area contributed by atoms with E-state index in [9.17, 15) is 9.18 Å². The second kappa shape index (κ2) is 8.23. The third kappa shape index (κ3) is 4.54. The van der Waals surface area contributed by atoms with Crippen molar-refractivity contribution in [3.8, 4) is 11.6 Å². The first-order chi connectivity index (χ1) is 12.5. The molecule has 1 saturated heterocycles. The first kappa shape index (κ1) is 18.3. The molecule has 1 aliphatic rings. The lowest BCUT2D eigenvalue weighted by molar-refractivity contribution is -0.133. The number of halogens is 1. The number of nitrogens with zero attached hydrogens (tertiary/aromatic N) is 4. The van der Waals surface area contributed by atoms with Gasteiger partial charge in [-0.15, -0.1) is 0 Å². The Morgan fingerprint density at radius 3 is 2.92 bits per heavy atom. The maximum Gasteiger partial charge on any atom is 0.238 e. The summed E-state index contributed by atoms with van der Waals surface area (Å²) in [6, 6.07) is 6.19. The molecule has 1 unspecified atom stereocenters. The number of ether oxygens (including phenoxy) is 1. The zero-order valence-electron chi connectivity index (χ0n) is 15.1. The molecule has 7 heteroatoms. The number of piperidine rings is 1. The topological polar surface area (TPSA) is 58.6 Å². The van der Waals surface area contributed by atoms with Gasteiger partial charge in [0.1, 0.15) is 0 Å². The Bertz CT molecular complexity index is 769. The summed E-state index contributed by atoms with van der Waals surface area (Å²) in [5, 5.41) is 0. The van der Waals surface area contributed by atoms with Gasteiger partial charge in [-0.2, -0.15) is 0 Å². The zero-order chi connectivity index (χ0) is 18.5. The maximum absolute atomic E-state index is 13.8. The summed E-state index contributed by atoms with van der Waals surface area (Å²) < 4.78 is 19.3. The Hall–Kier alpha value is -2.54. The fourth-order valence-corrected chi connectivity index (χ4v) is 3.06. The third-order valence-corrected chi connectivity index (χ3v) is 4.33. The zero-order valence-corrected chi connectivity index (χ0v) is 15.1. The van der Waals surface area contributed by atoms with Crippen LogP contribution >= 0.6 is 0 Å². The number of hydrogen-bond donors (Lipinski definition) is 0. The summed E-state index contributed by atoms with van der Waals surface area (Å²) >= 11 is 0. The molecule has 0 N–H and O–H groups in total. The van der Waals surface area contributed by atoms with Crippen molar-refractivity contribution in [3.05, 3.63) is 48.2 Å². The summed E-state index contributed by atoms with van der Waals surface area (Å²) in [6.45, 7) is 1.78. The van der Waals surface area contributed by atoms with Crippen molar-refractivity contribution < 1.29 is 13.9 Å². The van der Waals surface area contributed by atoms with Gasteiger partial charge < -0.3 is 14.5 Å². The molecule has 138 valence electrons. The molecule has 2 heterocycles. The highest BCUT2D eigenvalue weighted by atomic mass is 19.1. The van der Waals surface area contributed by atoms with Gasteiger partial charge in [0.2, 0.25) is 11.8 Å². The summed E-state index contributed by atoms with van der Waals surface area (Å²) in [4.78, 5) is 24.7. The molecule has 6 nitrogen and oxygen atoms in total. The Morgan fingerprint density at radius 2 is 2.15 bits per heavy atom. The number of para-hydroxylation sites is 1. The molecule has 0 bridgehead atoms. The van der Waals surface area contributed by atoms with Gasteiger partial charge >= 0.3 is 0 Å². The van der Waals surface area contributed by atoms with Crippen LogP contribution in [0.5, 0.6) is 11.6 Å². The van der Waals surface area contributed by atoms with Gasteiger partial charge in [-0.3, -0.25) is 9.78 Å². The SMILES string of the molecule is CN(C)CC(=O)N1CCCC(c2cncc(Oc3ccccc3F)n2)C1. The standard InChI is InChI=1S/C19H23FN4O2/c1-23(2)13-19(25)24-9-5-6-14(12-24)16-10-21-11-18(22-16)26-17-8-4-3-7-15(17)20/h3-4,7-8,10-11,14H,5-6,9,12-13H2,1-2H3. The average molecular weight is 358 g/mol. The number of aromatic nitrogens is 2. The number of hydrogen-bond acceptors (Lipinski definition) is 5. The number of carbonyl (C=O) groups is 1. The molecule has 1 fully saturated rings. The number of amides is 1. The molecule has 3 rings (SSSR count). The van der Waals surface area contributed by atoms with Crippen molar-refractivity contribution in [2.24, 2.45) is 0 Å². The van der Waals surface area contributed by atoms with Crippen LogP contribution in [0.4, 0.5) is 4.39 Å². The molecular weight excluding hydrogens is 335 g/mol. The number of likely N-dealkylation sites (tertiary alicyclic amines) is 1. The molecule has 0 spiro atoms. The van der Waals surface area contributed by atoms with E-state index in [4.69, 9.17) is 4.74 Å². The number of benzene rings is 1. The fourth-order valence-electron chi connectivity index (χ4n) is 3.06. The molecule has 26 heavy (non-hydrogen) atoms. The van der Waals surface area contributed by atoms with Crippen molar-refractivity contribution in [1.82, 2.24) is 19.8 Å². The monoisotopic (exact) mass is 358 g/mol. The average Bonchev–Trinajstić information content (AvgIpc) is 2.63.